The molecule has 136 valence electrons. The lowest BCUT2D eigenvalue weighted by atomic mass is 10.1. The van der Waals surface area contributed by atoms with Crippen LogP contribution >= 0.6 is 0 Å². The molecule has 2 heterocycles. The summed E-state index contributed by atoms with van der Waals surface area (Å²) >= 11 is 0. The van der Waals surface area contributed by atoms with Crippen LogP contribution < -0.4 is 10.2 Å². The van der Waals surface area contributed by atoms with Crippen LogP contribution in [0.25, 0.3) is 10.9 Å². The average Bonchev–Trinajstić information content (AvgIpc) is 2.84. The van der Waals surface area contributed by atoms with Crippen molar-refractivity contribution in [3.63, 3.8) is 0 Å². The van der Waals surface area contributed by atoms with Crippen molar-refractivity contribution >= 4 is 16.9 Å². The molecule has 1 fully saturated rings. The van der Waals surface area contributed by atoms with Crippen molar-refractivity contribution in [1.82, 2.24) is 15.3 Å². The molecule has 3 rings (SSSR count). The van der Waals surface area contributed by atoms with Crippen LogP contribution in [0.15, 0.2) is 18.2 Å². The lowest BCUT2D eigenvalue weighted by Crippen LogP contribution is -2.34. The van der Waals surface area contributed by atoms with Crippen molar-refractivity contribution in [1.29, 1.82) is 0 Å². The predicted molar refractivity (Wildman–Crippen MR) is 106 cm³/mol. The highest BCUT2D eigenvalue weighted by Gasteiger charge is 2.19. The number of rotatable bonds is 5. The lowest BCUT2D eigenvalue weighted by Gasteiger charge is -2.22. The number of hydrogen-bond donors (Lipinski definition) is 1. The maximum Gasteiger partial charge on any atom is 0.226 e. The maximum absolute atomic E-state index is 4.87. The first-order valence-electron chi connectivity index (χ1n) is 9.80. The second kappa shape index (κ2) is 8.13. The first-order valence-corrected chi connectivity index (χ1v) is 9.80. The molecule has 0 saturated carbocycles. The Balaban J connectivity index is 1.71. The molecule has 2 aromatic rings. The molecule has 1 aliphatic heterocycles. The van der Waals surface area contributed by atoms with Gasteiger partial charge in [0.25, 0.3) is 0 Å². The van der Waals surface area contributed by atoms with E-state index in [-0.39, 0.29) is 0 Å². The normalized spacial score (nSPS) is 19.8. The van der Waals surface area contributed by atoms with E-state index in [1.807, 2.05) is 0 Å². The summed E-state index contributed by atoms with van der Waals surface area (Å²) in [5.74, 6) is 1.66. The molecule has 1 aromatic heterocycles. The minimum absolute atomic E-state index is 0.628. The molecule has 0 unspecified atom stereocenters. The third-order valence-electron chi connectivity index (χ3n) is 5.49. The molecule has 2 atom stereocenters. The Bertz CT molecular complexity index is 712. The lowest BCUT2D eigenvalue weighted by molar-refractivity contribution is 0.414. The molecule has 0 amide bonds. The molecule has 4 nitrogen and oxygen atoms in total. The summed E-state index contributed by atoms with van der Waals surface area (Å²) < 4.78 is 0. The summed E-state index contributed by atoms with van der Waals surface area (Å²) in [5.41, 5.74) is 3.40. The number of anilines is 1. The summed E-state index contributed by atoms with van der Waals surface area (Å²) in [6.07, 6.45) is 4.87. The number of aryl methyl sites for hydroxylation is 2. The Labute approximate surface area is 152 Å². The maximum atomic E-state index is 4.87. The van der Waals surface area contributed by atoms with Gasteiger partial charge in [0.1, 0.15) is 0 Å². The van der Waals surface area contributed by atoms with E-state index >= 15 is 0 Å². The zero-order valence-corrected chi connectivity index (χ0v) is 16.2. The smallest absolute Gasteiger partial charge is 0.226 e. The number of nitrogens with one attached hydrogen (secondary N) is 1. The number of nitrogens with zero attached hydrogens (tertiary/aromatic N) is 3. The monoisotopic (exact) mass is 340 g/mol. The highest BCUT2D eigenvalue weighted by Crippen LogP contribution is 2.22. The van der Waals surface area contributed by atoms with Crippen LogP contribution in [0.4, 0.5) is 5.95 Å². The zero-order valence-electron chi connectivity index (χ0n) is 16.2. The largest absolute Gasteiger partial charge is 0.341 e. The van der Waals surface area contributed by atoms with Crippen molar-refractivity contribution in [2.45, 2.75) is 59.4 Å². The van der Waals surface area contributed by atoms with Gasteiger partial charge in [0, 0.05) is 24.5 Å². The van der Waals surface area contributed by atoms with Crippen LogP contribution in [0.1, 0.15) is 50.8 Å². The molecule has 0 spiro atoms. The standard InChI is InChI=1S/C21H32N4/c1-5-15(2)14-22-18-7-6-11-25(12-10-18)21-23-17(4)19-9-8-16(3)13-20(19)24-21/h8-9,13,15,18,22H,5-7,10-12,14H2,1-4H3/t15-,18+/m0/s1. The minimum Gasteiger partial charge on any atom is -0.341 e. The summed E-state index contributed by atoms with van der Waals surface area (Å²) in [6, 6.07) is 7.07. The number of aromatic nitrogens is 2. The van der Waals surface area contributed by atoms with Gasteiger partial charge in [-0.2, -0.15) is 0 Å². The second-order valence-electron chi connectivity index (χ2n) is 7.67. The van der Waals surface area contributed by atoms with Crippen LogP contribution in [0.3, 0.4) is 0 Å². The SMILES string of the molecule is CC[C@H](C)CN[C@@H]1CCCN(c2nc(C)c3ccc(C)cc3n2)CC1. The molecular weight excluding hydrogens is 308 g/mol. The van der Waals surface area contributed by atoms with Gasteiger partial charge in [0.05, 0.1) is 11.2 Å². The van der Waals surface area contributed by atoms with Crippen LogP contribution in [0.2, 0.25) is 0 Å². The van der Waals surface area contributed by atoms with E-state index in [4.69, 9.17) is 9.97 Å². The minimum atomic E-state index is 0.628. The zero-order chi connectivity index (χ0) is 17.8. The fourth-order valence-corrected chi connectivity index (χ4v) is 3.54. The summed E-state index contributed by atoms with van der Waals surface area (Å²) in [6.45, 7) is 12.0. The van der Waals surface area contributed by atoms with E-state index in [2.05, 4.69) is 56.1 Å². The van der Waals surface area contributed by atoms with Crippen LogP contribution in [0.5, 0.6) is 0 Å². The first-order chi connectivity index (χ1) is 12.1. The molecule has 1 aliphatic rings. The van der Waals surface area contributed by atoms with Crippen molar-refractivity contribution in [3.8, 4) is 0 Å². The number of benzene rings is 1. The van der Waals surface area contributed by atoms with Crippen molar-refractivity contribution in [3.05, 3.63) is 29.5 Å². The Kier molecular flexibility index (Phi) is 5.89. The van der Waals surface area contributed by atoms with E-state index in [1.54, 1.807) is 0 Å². The molecule has 4 heteroatoms. The van der Waals surface area contributed by atoms with Crippen LogP contribution in [0, 0.1) is 19.8 Å². The van der Waals surface area contributed by atoms with Gasteiger partial charge in [-0.05, 0) is 57.2 Å². The van der Waals surface area contributed by atoms with E-state index in [1.165, 1.54) is 31.2 Å². The summed E-state index contributed by atoms with van der Waals surface area (Å²) in [5, 5.41) is 4.93. The van der Waals surface area contributed by atoms with Gasteiger partial charge < -0.3 is 10.2 Å². The predicted octanol–water partition coefficient (Wildman–Crippen LogP) is 4.24. The van der Waals surface area contributed by atoms with E-state index in [9.17, 15) is 0 Å². The molecule has 0 bridgehead atoms. The molecule has 25 heavy (non-hydrogen) atoms. The summed E-state index contributed by atoms with van der Waals surface area (Å²) in [4.78, 5) is 12.0. The van der Waals surface area contributed by atoms with Gasteiger partial charge in [-0.3, -0.25) is 0 Å². The average molecular weight is 341 g/mol. The molecule has 1 N–H and O–H groups in total. The van der Waals surface area contributed by atoms with Gasteiger partial charge in [-0.15, -0.1) is 0 Å². The fraction of sp³-hybridized carbons (Fsp3) is 0.619. The number of fused-ring (bicyclic) bond motifs is 1. The topological polar surface area (TPSA) is 41.0 Å². The molecule has 0 aliphatic carbocycles. The Morgan fingerprint density at radius 2 is 2.04 bits per heavy atom. The Hall–Kier alpha value is -1.68. The highest BCUT2D eigenvalue weighted by molar-refractivity contribution is 5.82. The van der Waals surface area contributed by atoms with Gasteiger partial charge in [0.15, 0.2) is 0 Å². The van der Waals surface area contributed by atoms with E-state index < -0.39 is 0 Å². The second-order valence-corrected chi connectivity index (χ2v) is 7.67. The molecular formula is C21H32N4. The molecule has 0 radical (unpaired) electrons. The van der Waals surface area contributed by atoms with Gasteiger partial charge in [-0.1, -0.05) is 32.4 Å². The Morgan fingerprint density at radius 3 is 2.84 bits per heavy atom. The van der Waals surface area contributed by atoms with Gasteiger partial charge >= 0.3 is 0 Å². The van der Waals surface area contributed by atoms with Crippen LogP contribution in [-0.2, 0) is 0 Å². The highest BCUT2D eigenvalue weighted by atomic mass is 15.3. The van der Waals surface area contributed by atoms with Crippen molar-refractivity contribution in [2.75, 3.05) is 24.5 Å². The van der Waals surface area contributed by atoms with E-state index in [0.29, 0.717) is 6.04 Å². The third kappa shape index (κ3) is 4.49. The van der Waals surface area contributed by atoms with Gasteiger partial charge in [0.2, 0.25) is 5.95 Å². The van der Waals surface area contributed by atoms with Crippen molar-refractivity contribution < 1.29 is 0 Å². The van der Waals surface area contributed by atoms with Gasteiger partial charge in [-0.25, -0.2) is 9.97 Å². The van der Waals surface area contributed by atoms with E-state index in [0.717, 1.165) is 48.1 Å². The fourth-order valence-electron chi connectivity index (χ4n) is 3.54. The summed E-state index contributed by atoms with van der Waals surface area (Å²) in [7, 11) is 0. The first kappa shape index (κ1) is 18.1. The third-order valence-corrected chi connectivity index (χ3v) is 5.49. The molecule has 1 aromatic carbocycles. The van der Waals surface area contributed by atoms with Crippen LogP contribution in [-0.4, -0.2) is 35.6 Å². The quantitative estimate of drug-likeness (QED) is 0.884. The number of hydrogen-bond acceptors (Lipinski definition) is 4. The van der Waals surface area contributed by atoms with Crippen molar-refractivity contribution in [2.24, 2.45) is 5.92 Å². The molecule has 1 saturated heterocycles. The Morgan fingerprint density at radius 1 is 1.20 bits per heavy atom.